The van der Waals surface area contributed by atoms with Crippen LogP contribution >= 0.6 is 24.8 Å². The molecule has 1 aromatic rings. The Morgan fingerprint density at radius 1 is 1.33 bits per heavy atom. The summed E-state index contributed by atoms with van der Waals surface area (Å²) in [6.45, 7) is 2.14. The van der Waals surface area contributed by atoms with Gasteiger partial charge in [0.05, 0.1) is 18.2 Å². The predicted octanol–water partition coefficient (Wildman–Crippen LogP) is 1.31. The normalized spacial score (nSPS) is 15.4. The first-order chi connectivity index (χ1) is 10.7. The van der Waals surface area contributed by atoms with E-state index in [1.54, 1.807) is 17.0 Å². The van der Waals surface area contributed by atoms with Gasteiger partial charge in [0.2, 0.25) is 5.91 Å². The number of amides is 1. The fraction of sp³-hybridized carbons (Fsp3) is 0.467. The van der Waals surface area contributed by atoms with Gasteiger partial charge < -0.3 is 15.5 Å². The van der Waals surface area contributed by atoms with Gasteiger partial charge in [0.1, 0.15) is 17.9 Å². The number of carbonyl (C=O) groups excluding carboxylic acids is 1. The van der Waals surface area contributed by atoms with Crippen LogP contribution in [0.4, 0.5) is 5.82 Å². The molecule has 24 heavy (non-hydrogen) atoms. The van der Waals surface area contributed by atoms with Crippen molar-refractivity contribution in [3.05, 3.63) is 23.9 Å². The molecule has 1 amide bonds. The molecule has 2 N–H and O–H groups in total. The third-order valence-electron chi connectivity index (χ3n) is 3.50. The van der Waals surface area contributed by atoms with Gasteiger partial charge in [-0.15, -0.1) is 24.8 Å². The number of hydrogen-bond acceptors (Lipinski definition) is 6. The number of nitrogens with zero attached hydrogens (tertiary/aromatic N) is 4. The molecule has 2 heterocycles. The van der Waals surface area contributed by atoms with Crippen LogP contribution in [0.3, 0.4) is 0 Å². The number of carbonyl (C=O) groups is 1. The lowest BCUT2D eigenvalue weighted by molar-refractivity contribution is -0.130. The summed E-state index contributed by atoms with van der Waals surface area (Å²) in [4.78, 5) is 17.7. The molecule has 0 spiro atoms. The van der Waals surface area contributed by atoms with Gasteiger partial charge in [0.25, 0.3) is 0 Å². The van der Waals surface area contributed by atoms with Gasteiger partial charge in [0.15, 0.2) is 0 Å². The number of anilines is 1. The van der Waals surface area contributed by atoms with Crippen molar-refractivity contribution < 1.29 is 4.79 Å². The average molecular weight is 371 g/mol. The van der Waals surface area contributed by atoms with E-state index in [1.165, 1.54) is 6.20 Å². The topological polar surface area (TPSA) is 105 Å². The molecule has 1 fully saturated rings. The van der Waals surface area contributed by atoms with Crippen molar-refractivity contribution >= 4 is 36.5 Å². The van der Waals surface area contributed by atoms with E-state index in [9.17, 15) is 4.79 Å². The third kappa shape index (κ3) is 6.21. The molecule has 130 valence electrons. The number of hydrogen-bond donors (Lipinski definition) is 2. The second kappa shape index (κ2) is 11.5. The van der Waals surface area contributed by atoms with E-state index >= 15 is 0 Å². The van der Waals surface area contributed by atoms with Gasteiger partial charge in [0, 0.05) is 25.8 Å². The molecule has 7 nitrogen and oxygen atoms in total. The molecule has 0 aliphatic carbocycles. The van der Waals surface area contributed by atoms with Crippen molar-refractivity contribution in [2.45, 2.75) is 18.9 Å². The molecule has 1 aliphatic rings. The van der Waals surface area contributed by atoms with Crippen LogP contribution in [0.1, 0.15) is 18.4 Å². The largest absolute Gasteiger partial charge is 0.369 e. The van der Waals surface area contributed by atoms with Crippen LogP contribution < -0.4 is 10.6 Å². The van der Waals surface area contributed by atoms with Crippen molar-refractivity contribution in [1.29, 1.82) is 10.5 Å². The van der Waals surface area contributed by atoms with Crippen molar-refractivity contribution in [2.24, 2.45) is 0 Å². The maximum atomic E-state index is 12.0. The van der Waals surface area contributed by atoms with Gasteiger partial charge in [-0.25, -0.2) is 4.98 Å². The highest BCUT2D eigenvalue weighted by atomic mass is 35.5. The average Bonchev–Trinajstić information content (AvgIpc) is 3.03. The van der Waals surface area contributed by atoms with Crippen molar-refractivity contribution in [3.63, 3.8) is 0 Å². The molecule has 0 radical (unpaired) electrons. The van der Waals surface area contributed by atoms with Crippen LogP contribution in [0.25, 0.3) is 0 Å². The van der Waals surface area contributed by atoms with Crippen LogP contribution in [-0.2, 0) is 4.79 Å². The molecule has 1 atom stereocenters. The van der Waals surface area contributed by atoms with Gasteiger partial charge >= 0.3 is 0 Å². The summed E-state index contributed by atoms with van der Waals surface area (Å²) in [6.07, 6.45) is 3.18. The van der Waals surface area contributed by atoms with E-state index in [0.717, 1.165) is 12.8 Å². The molecule has 0 saturated carbocycles. The Labute approximate surface area is 153 Å². The quantitative estimate of drug-likeness (QED) is 0.731. The highest BCUT2D eigenvalue weighted by Gasteiger charge is 2.27. The van der Waals surface area contributed by atoms with E-state index in [0.29, 0.717) is 31.0 Å². The van der Waals surface area contributed by atoms with Crippen molar-refractivity contribution in [3.8, 4) is 12.1 Å². The minimum absolute atomic E-state index is 0. The molecular formula is C15H20Cl2N6O. The Bertz CT molecular complexity index is 595. The van der Waals surface area contributed by atoms with Gasteiger partial charge in [-0.3, -0.25) is 4.79 Å². The molecule has 1 aliphatic heterocycles. The second-order valence-electron chi connectivity index (χ2n) is 5.02. The summed E-state index contributed by atoms with van der Waals surface area (Å²) >= 11 is 0. The highest BCUT2D eigenvalue weighted by molar-refractivity contribution is 5.85. The summed E-state index contributed by atoms with van der Waals surface area (Å²) in [5, 5.41) is 23.8. The Morgan fingerprint density at radius 3 is 2.75 bits per heavy atom. The number of halogens is 2. The van der Waals surface area contributed by atoms with E-state index in [1.807, 2.05) is 6.07 Å². The summed E-state index contributed by atoms with van der Waals surface area (Å²) < 4.78 is 0. The molecule has 9 heteroatoms. The second-order valence-corrected chi connectivity index (χ2v) is 5.02. The number of pyridine rings is 1. The SMILES string of the molecule is Cl.Cl.N#Cc1ccc(NCCNCC(=O)N2CCC[C@H]2C#N)nc1. The molecule has 0 bridgehead atoms. The lowest BCUT2D eigenvalue weighted by Crippen LogP contribution is -2.41. The molecule has 1 aromatic heterocycles. The van der Waals surface area contributed by atoms with E-state index < -0.39 is 0 Å². The smallest absolute Gasteiger partial charge is 0.237 e. The van der Waals surface area contributed by atoms with Crippen LogP contribution in [0, 0.1) is 22.7 Å². The lowest BCUT2D eigenvalue weighted by atomic mass is 10.2. The van der Waals surface area contributed by atoms with E-state index in [-0.39, 0.29) is 43.3 Å². The molecule has 0 unspecified atom stereocenters. The predicted molar refractivity (Wildman–Crippen MR) is 95.2 cm³/mol. The zero-order valence-electron chi connectivity index (χ0n) is 13.1. The lowest BCUT2D eigenvalue weighted by Gasteiger charge is -2.19. The maximum Gasteiger partial charge on any atom is 0.237 e. The highest BCUT2D eigenvalue weighted by Crippen LogP contribution is 2.15. The first-order valence-electron chi connectivity index (χ1n) is 7.24. The van der Waals surface area contributed by atoms with Gasteiger partial charge in [-0.1, -0.05) is 0 Å². The fourth-order valence-corrected chi connectivity index (χ4v) is 2.34. The third-order valence-corrected chi connectivity index (χ3v) is 3.50. The van der Waals surface area contributed by atoms with Gasteiger partial charge in [-0.05, 0) is 25.0 Å². The number of aromatic nitrogens is 1. The monoisotopic (exact) mass is 370 g/mol. The Hall–Kier alpha value is -2.06. The minimum Gasteiger partial charge on any atom is -0.369 e. The Balaban J connectivity index is 0.00000264. The van der Waals surface area contributed by atoms with Crippen LogP contribution in [0.5, 0.6) is 0 Å². The minimum atomic E-state index is -0.268. The molecule has 0 aromatic carbocycles. The standard InChI is InChI=1S/C15H18N6O.2ClH/c16-8-12-3-4-14(20-10-12)19-6-5-18-11-15(22)21-7-1-2-13(21)9-17;;/h3-4,10,13,18H,1-2,5-7,11H2,(H,19,20);2*1H/t13-;;/m0../s1. The zero-order valence-corrected chi connectivity index (χ0v) is 14.7. The van der Waals surface area contributed by atoms with E-state index in [2.05, 4.69) is 21.7 Å². The molecule has 1 saturated heterocycles. The summed E-state index contributed by atoms with van der Waals surface area (Å²) in [6, 6.07) is 7.34. The molecular weight excluding hydrogens is 351 g/mol. The van der Waals surface area contributed by atoms with Crippen molar-refractivity contribution in [1.82, 2.24) is 15.2 Å². The first-order valence-corrected chi connectivity index (χ1v) is 7.24. The summed E-state index contributed by atoms with van der Waals surface area (Å²) in [7, 11) is 0. The number of rotatable bonds is 6. The number of nitrogens with one attached hydrogen (secondary N) is 2. The number of likely N-dealkylation sites (tertiary alicyclic amines) is 1. The molecule has 2 rings (SSSR count). The van der Waals surface area contributed by atoms with Crippen LogP contribution in [-0.4, -0.2) is 48.0 Å². The Kier molecular flexibility index (Phi) is 10.5. The summed E-state index contributed by atoms with van der Waals surface area (Å²) in [5.41, 5.74) is 0.520. The first kappa shape index (κ1) is 21.9. The fourth-order valence-electron chi connectivity index (χ4n) is 2.34. The zero-order chi connectivity index (χ0) is 15.8. The maximum absolute atomic E-state index is 12.0. The van der Waals surface area contributed by atoms with Crippen LogP contribution in [0.2, 0.25) is 0 Å². The van der Waals surface area contributed by atoms with Crippen LogP contribution in [0.15, 0.2) is 18.3 Å². The van der Waals surface area contributed by atoms with E-state index in [4.69, 9.17) is 10.5 Å². The van der Waals surface area contributed by atoms with Gasteiger partial charge in [-0.2, -0.15) is 10.5 Å². The summed E-state index contributed by atoms with van der Waals surface area (Å²) in [5.74, 6) is 0.664. The Morgan fingerprint density at radius 2 is 2.12 bits per heavy atom. The van der Waals surface area contributed by atoms with Crippen molar-refractivity contribution in [2.75, 3.05) is 31.5 Å². The number of nitriles is 2.